The van der Waals surface area contributed by atoms with E-state index in [4.69, 9.17) is 0 Å². The number of rotatable bonds is 12. The number of benzene rings is 1. The molecule has 2 aromatic heterocycles. The molecule has 158 valence electrons. The van der Waals surface area contributed by atoms with Crippen LogP contribution in [-0.4, -0.2) is 26.5 Å². The van der Waals surface area contributed by atoms with Crippen molar-refractivity contribution in [2.45, 2.75) is 58.0 Å². The van der Waals surface area contributed by atoms with E-state index in [-0.39, 0.29) is 11.9 Å². The summed E-state index contributed by atoms with van der Waals surface area (Å²) in [5, 5.41) is 10.2. The molecule has 0 aliphatic heterocycles. The van der Waals surface area contributed by atoms with Gasteiger partial charge in [0.05, 0.1) is 12.2 Å². The maximum Gasteiger partial charge on any atom is 0.245 e. The number of hydrogen-bond donors (Lipinski definition) is 1. The van der Waals surface area contributed by atoms with Crippen LogP contribution in [0.15, 0.2) is 54.2 Å². The van der Waals surface area contributed by atoms with E-state index in [1.54, 1.807) is 22.2 Å². The Kier molecular flexibility index (Phi) is 8.32. The lowest BCUT2D eigenvalue weighted by Crippen LogP contribution is -2.32. The zero-order valence-corrected chi connectivity index (χ0v) is 18.1. The molecule has 0 bridgehead atoms. The first kappa shape index (κ1) is 21.9. The summed E-state index contributed by atoms with van der Waals surface area (Å²) >= 11 is 1.58. The zero-order chi connectivity index (χ0) is 21.2. The lowest BCUT2D eigenvalue weighted by Gasteiger charge is -2.17. The number of nitrogens with zero attached hydrogens (tertiary/aromatic N) is 3. The maximum absolute atomic E-state index is 12.9. The molecule has 0 spiro atoms. The molecule has 0 aliphatic rings. The number of Topliss-reactive ketones (excluding diaryl/α,β-unsaturated/α-hetero) is 1. The molecule has 0 fully saturated rings. The number of ketones is 1. The predicted molar refractivity (Wildman–Crippen MR) is 119 cm³/mol. The number of carbonyl (C=O) groups is 2. The van der Waals surface area contributed by atoms with E-state index in [9.17, 15) is 9.59 Å². The first-order valence-corrected chi connectivity index (χ1v) is 11.3. The Morgan fingerprint density at radius 1 is 1.13 bits per heavy atom. The van der Waals surface area contributed by atoms with E-state index in [2.05, 4.69) is 15.4 Å². The van der Waals surface area contributed by atoms with Gasteiger partial charge in [0.15, 0.2) is 0 Å². The molecule has 2 heterocycles. The van der Waals surface area contributed by atoms with Gasteiger partial charge in [0.25, 0.3) is 0 Å². The van der Waals surface area contributed by atoms with Crippen molar-refractivity contribution >= 4 is 23.0 Å². The topological polar surface area (TPSA) is 76.9 Å². The predicted octanol–water partition coefficient (Wildman–Crippen LogP) is 4.79. The summed E-state index contributed by atoms with van der Waals surface area (Å²) in [5.74, 6) is 0.243. The van der Waals surface area contributed by atoms with Crippen LogP contribution in [0.4, 0.5) is 0 Å². The molecule has 0 unspecified atom stereocenters. The molecule has 6 nitrogen and oxygen atoms in total. The van der Waals surface area contributed by atoms with Crippen molar-refractivity contribution in [3.05, 3.63) is 59.9 Å². The zero-order valence-electron chi connectivity index (χ0n) is 17.3. The fourth-order valence-corrected chi connectivity index (χ4v) is 4.08. The summed E-state index contributed by atoms with van der Waals surface area (Å²) in [6.45, 7) is 2.29. The highest BCUT2D eigenvalue weighted by molar-refractivity contribution is 7.13. The molecule has 0 saturated heterocycles. The van der Waals surface area contributed by atoms with Crippen molar-refractivity contribution in [2.24, 2.45) is 0 Å². The Bertz CT molecular complexity index is 922. The van der Waals surface area contributed by atoms with Crippen LogP contribution in [0.25, 0.3) is 10.6 Å². The van der Waals surface area contributed by atoms with Crippen molar-refractivity contribution in [1.29, 1.82) is 0 Å². The first-order valence-electron chi connectivity index (χ1n) is 10.5. The van der Waals surface area contributed by atoms with Crippen LogP contribution < -0.4 is 5.32 Å². The number of thiazole rings is 1. The van der Waals surface area contributed by atoms with Gasteiger partial charge in [0, 0.05) is 36.2 Å². The molecule has 0 radical (unpaired) electrons. The molecule has 3 aromatic rings. The van der Waals surface area contributed by atoms with Gasteiger partial charge in [-0.2, -0.15) is 5.10 Å². The van der Waals surface area contributed by atoms with E-state index in [1.807, 2.05) is 54.9 Å². The Hall–Kier alpha value is -2.80. The third-order valence-electron chi connectivity index (χ3n) is 4.99. The average molecular weight is 425 g/mol. The van der Waals surface area contributed by atoms with Crippen LogP contribution >= 0.6 is 11.3 Å². The number of hydrogen-bond acceptors (Lipinski definition) is 5. The number of nitrogens with one attached hydrogen (secondary N) is 1. The highest BCUT2D eigenvalue weighted by atomic mass is 32.1. The van der Waals surface area contributed by atoms with E-state index >= 15 is 0 Å². The smallest absolute Gasteiger partial charge is 0.245 e. The van der Waals surface area contributed by atoms with Crippen molar-refractivity contribution < 1.29 is 9.59 Å². The van der Waals surface area contributed by atoms with Gasteiger partial charge in [-0.3, -0.25) is 14.3 Å². The molecule has 30 heavy (non-hydrogen) atoms. The Labute approximate surface area is 181 Å². The van der Waals surface area contributed by atoms with E-state index in [1.165, 1.54) is 0 Å². The monoisotopic (exact) mass is 424 g/mol. The summed E-state index contributed by atoms with van der Waals surface area (Å²) in [5.41, 5.74) is 1.93. The van der Waals surface area contributed by atoms with Gasteiger partial charge in [0.1, 0.15) is 16.8 Å². The van der Waals surface area contributed by atoms with E-state index in [0.29, 0.717) is 31.6 Å². The molecular formula is C23H28N4O2S. The molecule has 0 saturated carbocycles. The molecular weight excluding hydrogens is 396 g/mol. The third-order valence-corrected chi connectivity index (χ3v) is 5.93. The first-order chi connectivity index (χ1) is 14.7. The van der Waals surface area contributed by atoms with Gasteiger partial charge in [-0.1, -0.05) is 50.1 Å². The normalized spacial score (nSPS) is 11.9. The van der Waals surface area contributed by atoms with Crippen LogP contribution in [0.2, 0.25) is 0 Å². The van der Waals surface area contributed by atoms with Crippen LogP contribution in [0.5, 0.6) is 0 Å². The number of aromatic nitrogens is 3. The van der Waals surface area contributed by atoms with Gasteiger partial charge in [-0.05, 0) is 18.9 Å². The summed E-state index contributed by atoms with van der Waals surface area (Å²) < 4.78 is 1.71. The number of amides is 1. The highest BCUT2D eigenvalue weighted by Crippen LogP contribution is 2.23. The molecule has 1 atom stereocenters. The van der Waals surface area contributed by atoms with Gasteiger partial charge in [-0.15, -0.1) is 11.3 Å². The van der Waals surface area contributed by atoms with Crippen molar-refractivity contribution in [2.75, 3.05) is 0 Å². The fourth-order valence-electron chi connectivity index (χ4n) is 3.26. The lowest BCUT2D eigenvalue weighted by atomic mass is 10.0. The second-order valence-corrected chi connectivity index (χ2v) is 8.08. The largest absolute Gasteiger partial charge is 0.349 e. The second kappa shape index (κ2) is 11.4. The van der Waals surface area contributed by atoms with Crippen LogP contribution in [0.3, 0.4) is 0 Å². The molecule has 3 rings (SSSR count). The van der Waals surface area contributed by atoms with E-state index in [0.717, 1.165) is 35.5 Å². The number of carbonyl (C=O) groups excluding carboxylic acids is 2. The summed E-state index contributed by atoms with van der Waals surface area (Å²) in [7, 11) is 0. The van der Waals surface area contributed by atoms with Crippen molar-refractivity contribution in [1.82, 2.24) is 20.1 Å². The van der Waals surface area contributed by atoms with Crippen LogP contribution in [0.1, 0.15) is 57.2 Å². The standard InChI is InChI=1S/C23H28N4O2S/c1-2-20(28)12-7-4-8-13-21(27-15-9-14-25-27)22(29)24-16-19-17-30-23(26-19)18-10-5-3-6-11-18/h3,5-6,9-11,14-15,17,21H,2,4,7-8,12-13,16H2,1H3,(H,24,29)/t21-/m0/s1. The minimum Gasteiger partial charge on any atom is -0.349 e. The Morgan fingerprint density at radius 2 is 1.97 bits per heavy atom. The average Bonchev–Trinajstić information content (AvgIpc) is 3.47. The Morgan fingerprint density at radius 3 is 2.70 bits per heavy atom. The quantitative estimate of drug-likeness (QED) is 0.424. The molecule has 0 aliphatic carbocycles. The summed E-state index contributed by atoms with van der Waals surface area (Å²) in [6, 6.07) is 11.5. The van der Waals surface area contributed by atoms with Gasteiger partial charge in [0.2, 0.25) is 5.91 Å². The lowest BCUT2D eigenvalue weighted by molar-refractivity contribution is -0.125. The summed E-state index contributed by atoms with van der Waals surface area (Å²) in [4.78, 5) is 28.9. The van der Waals surface area contributed by atoms with Gasteiger partial charge in [-0.25, -0.2) is 4.98 Å². The Balaban J connectivity index is 1.52. The fraction of sp³-hybridized carbons (Fsp3) is 0.391. The maximum atomic E-state index is 12.9. The molecule has 1 aromatic carbocycles. The third kappa shape index (κ3) is 6.35. The minimum absolute atomic E-state index is 0.0578. The summed E-state index contributed by atoms with van der Waals surface area (Å²) in [6.07, 6.45) is 8.12. The number of unbranched alkanes of at least 4 members (excludes halogenated alkanes) is 2. The van der Waals surface area contributed by atoms with Crippen LogP contribution in [-0.2, 0) is 16.1 Å². The van der Waals surface area contributed by atoms with Crippen molar-refractivity contribution in [3.63, 3.8) is 0 Å². The van der Waals surface area contributed by atoms with Gasteiger partial charge < -0.3 is 5.32 Å². The molecule has 7 heteroatoms. The second-order valence-electron chi connectivity index (χ2n) is 7.22. The molecule has 1 amide bonds. The van der Waals surface area contributed by atoms with Crippen LogP contribution in [0, 0.1) is 0 Å². The highest BCUT2D eigenvalue weighted by Gasteiger charge is 2.20. The van der Waals surface area contributed by atoms with E-state index < -0.39 is 0 Å². The van der Waals surface area contributed by atoms with Gasteiger partial charge >= 0.3 is 0 Å². The van der Waals surface area contributed by atoms with Crippen molar-refractivity contribution in [3.8, 4) is 10.6 Å². The molecule has 1 N–H and O–H groups in total. The SMILES string of the molecule is CCC(=O)CCCCC[C@@H](C(=O)NCc1csc(-c2ccccc2)n1)n1cccn1. The minimum atomic E-state index is -0.353.